The topological polar surface area (TPSA) is 30.9 Å². The van der Waals surface area contributed by atoms with Crippen molar-refractivity contribution in [2.24, 2.45) is 0 Å². The van der Waals surface area contributed by atoms with Crippen molar-refractivity contribution in [2.45, 2.75) is 24.9 Å². The molecule has 1 rings (SSSR count). The zero-order valence-corrected chi connectivity index (χ0v) is 10.6. The Hall–Kier alpha value is 0.0569. The normalized spacial score (nSPS) is 24.4. The monoisotopic (exact) mass is 219 g/mol. The second kappa shape index (κ2) is 5.23. The van der Waals surface area contributed by atoms with Gasteiger partial charge in [0.05, 0.1) is 0 Å². The van der Waals surface area contributed by atoms with Crippen LogP contribution in [0.1, 0.15) is 12.8 Å². The second-order valence-electron chi connectivity index (χ2n) is 3.78. The first kappa shape index (κ1) is 12.1. The van der Waals surface area contributed by atoms with E-state index in [1.807, 2.05) is 0 Å². The van der Waals surface area contributed by atoms with E-state index in [9.17, 15) is 0 Å². The van der Waals surface area contributed by atoms with Crippen LogP contribution in [0.25, 0.3) is 0 Å². The molecule has 1 unspecified atom stereocenters. The summed E-state index contributed by atoms with van der Waals surface area (Å²) in [5, 5.41) is 0. The average molecular weight is 219 g/mol. The Labute approximate surface area is 87.5 Å². The molecular formula is C9H21NO3Si. The van der Waals surface area contributed by atoms with Crippen molar-refractivity contribution < 1.29 is 13.3 Å². The Morgan fingerprint density at radius 1 is 1.21 bits per heavy atom. The number of hydrogen-bond acceptors (Lipinski definition) is 4. The Balaban J connectivity index is 2.54. The van der Waals surface area contributed by atoms with E-state index < -0.39 is 8.80 Å². The lowest BCUT2D eigenvalue weighted by Crippen LogP contribution is -2.47. The van der Waals surface area contributed by atoms with E-state index in [4.69, 9.17) is 13.3 Å². The Bertz CT molecular complexity index is 167. The minimum atomic E-state index is -2.37. The van der Waals surface area contributed by atoms with E-state index in [1.165, 1.54) is 19.4 Å². The van der Waals surface area contributed by atoms with Gasteiger partial charge in [0.1, 0.15) is 0 Å². The standard InChI is InChI=1S/C9H21NO3Si/c1-10-7-5-6-9(10)8-14(11-2,12-3)13-4/h9H,5-8H2,1-4H3. The molecule has 0 amide bonds. The molecule has 0 spiro atoms. The summed E-state index contributed by atoms with van der Waals surface area (Å²) in [5.74, 6) is 0. The molecule has 0 bridgehead atoms. The van der Waals surface area contributed by atoms with E-state index in [1.54, 1.807) is 21.3 Å². The van der Waals surface area contributed by atoms with Crippen LogP contribution in [-0.2, 0) is 13.3 Å². The zero-order chi connectivity index (χ0) is 10.6. The summed E-state index contributed by atoms with van der Waals surface area (Å²) in [5.41, 5.74) is 0. The summed E-state index contributed by atoms with van der Waals surface area (Å²) < 4.78 is 16.2. The molecular weight excluding hydrogens is 198 g/mol. The third kappa shape index (κ3) is 2.55. The maximum Gasteiger partial charge on any atom is 0.501 e. The summed E-state index contributed by atoms with van der Waals surface area (Å²) in [6.07, 6.45) is 2.49. The summed E-state index contributed by atoms with van der Waals surface area (Å²) >= 11 is 0. The van der Waals surface area contributed by atoms with Gasteiger partial charge in [-0.2, -0.15) is 0 Å². The Morgan fingerprint density at radius 2 is 1.79 bits per heavy atom. The van der Waals surface area contributed by atoms with Crippen molar-refractivity contribution in [2.75, 3.05) is 34.9 Å². The van der Waals surface area contributed by atoms with E-state index in [0.29, 0.717) is 6.04 Å². The van der Waals surface area contributed by atoms with Gasteiger partial charge in [0, 0.05) is 33.4 Å². The fourth-order valence-corrected chi connectivity index (χ4v) is 4.12. The van der Waals surface area contributed by atoms with Crippen LogP contribution in [0.15, 0.2) is 0 Å². The van der Waals surface area contributed by atoms with Gasteiger partial charge in [0.25, 0.3) is 0 Å². The molecule has 0 aliphatic carbocycles. The van der Waals surface area contributed by atoms with Crippen LogP contribution >= 0.6 is 0 Å². The largest absolute Gasteiger partial charge is 0.501 e. The maximum absolute atomic E-state index is 5.41. The lowest BCUT2D eigenvalue weighted by molar-refractivity contribution is 0.114. The molecule has 1 aliphatic heterocycles. The van der Waals surface area contributed by atoms with Crippen LogP contribution in [0.4, 0.5) is 0 Å². The van der Waals surface area contributed by atoms with Crippen molar-refractivity contribution in [3.05, 3.63) is 0 Å². The third-order valence-corrected chi connectivity index (χ3v) is 5.93. The van der Waals surface area contributed by atoms with Crippen LogP contribution in [0, 0.1) is 0 Å². The molecule has 5 heteroatoms. The van der Waals surface area contributed by atoms with Gasteiger partial charge >= 0.3 is 8.80 Å². The predicted octanol–water partition coefficient (Wildman–Crippen LogP) is 0.959. The Morgan fingerprint density at radius 3 is 2.14 bits per heavy atom. The highest BCUT2D eigenvalue weighted by Gasteiger charge is 2.42. The molecule has 1 atom stereocenters. The average Bonchev–Trinajstić information content (AvgIpc) is 2.61. The van der Waals surface area contributed by atoms with Crippen molar-refractivity contribution in [3.63, 3.8) is 0 Å². The van der Waals surface area contributed by atoms with Crippen LogP contribution in [0.5, 0.6) is 0 Å². The predicted molar refractivity (Wildman–Crippen MR) is 57.2 cm³/mol. The fraction of sp³-hybridized carbons (Fsp3) is 1.00. The van der Waals surface area contributed by atoms with E-state index in [-0.39, 0.29) is 0 Å². The second-order valence-corrected chi connectivity index (χ2v) is 6.78. The molecule has 0 aromatic rings. The van der Waals surface area contributed by atoms with Gasteiger partial charge in [-0.3, -0.25) is 0 Å². The fourth-order valence-electron chi connectivity index (χ4n) is 2.03. The van der Waals surface area contributed by atoms with Gasteiger partial charge in [0.2, 0.25) is 0 Å². The SMILES string of the molecule is CO[Si](CC1CCCN1C)(OC)OC. The van der Waals surface area contributed by atoms with Gasteiger partial charge in [-0.1, -0.05) is 0 Å². The van der Waals surface area contributed by atoms with Gasteiger partial charge in [-0.15, -0.1) is 0 Å². The van der Waals surface area contributed by atoms with E-state index in [2.05, 4.69) is 11.9 Å². The van der Waals surface area contributed by atoms with Crippen LogP contribution < -0.4 is 0 Å². The summed E-state index contributed by atoms with van der Waals surface area (Å²) in [7, 11) is 4.81. The minimum absolute atomic E-state index is 0.557. The van der Waals surface area contributed by atoms with Crippen molar-refractivity contribution in [3.8, 4) is 0 Å². The molecule has 0 aromatic heterocycles. The molecule has 0 saturated carbocycles. The van der Waals surface area contributed by atoms with Crippen molar-refractivity contribution in [1.82, 2.24) is 4.90 Å². The van der Waals surface area contributed by atoms with Gasteiger partial charge in [-0.05, 0) is 26.4 Å². The van der Waals surface area contributed by atoms with Gasteiger partial charge in [-0.25, -0.2) is 0 Å². The van der Waals surface area contributed by atoms with E-state index in [0.717, 1.165) is 6.04 Å². The van der Waals surface area contributed by atoms with Crippen LogP contribution in [0.3, 0.4) is 0 Å². The summed E-state index contributed by atoms with van der Waals surface area (Å²) in [4.78, 5) is 2.36. The molecule has 4 nitrogen and oxygen atoms in total. The number of likely N-dealkylation sites (tertiary alicyclic amines) is 1. The first-order valence-electron chi connectivity index (χ1n) is 5.03. The maximum atomic E-state index is 5.41. The van der Waals surface area contributed by atoms with Crippen LogP contribution in [0.2, 0.25) is 6.04 Å². The highest BCUT2D eigenvalue weighted by atomic mass is 28.4. The minimum Gasteiger partial charge on any atom is -0.377 e. The molecule has 1 saturated heterocycles. The van der Waals surface area contributed by atoms with Gasteiger partial charge in [0.15, 0.2) is 0 Å². The lowest BCUT2D eigenvalue weighted by atomic mass is 10.2. The quantitative estimate of drug-likeness (QED) is 0.644. The van der Waals surface area contributed by atoms with Crippen LogP contribution in [-0.4, -0.2) is 54.7 Å². The number of hydrogen-bond donors (Lipinski definition) is 0. The van der Waals surface area contributed by atoms with Gasteiger partial charge < -0.3 is 18.2 Å². The third-order valence-electron chi connectivity index (χ3n) is 3.09. The molecule has 1 aliphatic rings. The molecule has 0 radical (unpaired) electrons. The molecule has 84 valence electrons. The molecule has 0 N–H and O–H groups in total. The number of nitrogens with zero attached hydrogens (tertiary/aromatic N) is 1. The molecule has 0 aromatic carbocycles. The first-order valence-corrected chi connectivity index (χ1v) is 6.96. The number of rotatable bonds is 5. The van der Waals surface area contributed by atoms with Crippen molar-refractivity contribution in [1.29, 1.82) is 0 Å². The molecule has 1 fully saturated rings. The smallest absolute Gasteiger partial charge is 0.377 e. The zero-order valence-electron chi connectivity index (χ0n) is 9.58. The van der Waals surface area contributed by atoms with E-state index >= 15 is 0 Å². The molecule has 14 heavy (non-hydrogen) atoms. The highest BCUT2D eigenvalue weighted by molar-refractivity contribution is 6.60. The first-order chi connectivity index (χ1) is 6.67. The Kier molecular flexibility index (Phi) is 4.53. The lowest BCUT2D eigenvalue weighted by Gasteiger charge is -2.29. The molecule has 1 heterocycles. The van der Waals surface area contributed by atoms with Crippen molar-refractivity contribution >= 4 is 8.80 Å². The summed E-state index contributed by atoms with van der Waals surface area (Å²) in [6.45, 7) is 1.17. The summed E-state index contributed by atoms with van der Waals surface area (Å²) in [6, 6.07) is 1.45. The highest BCUT2D eigenvalue weighted by Crippen LogP contribution is 2.25.